The van der Waals surface area contributed by atoms with Crippen molar-refractivity contribution in [1.82, 2.24) is 10.2 Å². The Labute approximate surface area is 178 Å². The number of carbonyl (C=O) groups is 1. The fourth-order valence-electron chi connectivity index (χ4n) is 4.59. The van der Waals surface area contributed by atoms with Crippen molar-refractivity contribution in [2.75, 3.05) is 38.1 Å². The zero-order valence-electron chi connectivity index (χ0n) is 17.2. The first kappa shape index (κ1) is 20.2. The topological polar surface area (TPSA) is 35.6 Å². The number of hydrogen-bond donors (Lipinski definition) is 1. The molecule has 1 atom stereocenters. The molecule has 2 aliphatic rings. The lowest BCUT2D eigenvalue weighted by molar-refractivity contribution is 0.0924. The first-order chi connectivity index (χ1) is 14.1. The van der Waals surface area contributed by atoms with Crippen molar-refractivity contribution in [2.24, 2.45) is 0 Å². The molecule has 1 N–H and O–H groups in total. The summed E-state index contributed by atoms with van der Waals surface area (Å²) in [4.78, 5) is 17.6. The van der Waals surface area contributed by atoms with E-state index in [1.54, 1.807) is 24.3 Å². The molecular weight excluding hydrogens is 382 g/mol. The van der Waals surface area contributed by atoms with E-state index < -0.39 is 0 Å². The van der Waals surface area contributed by atoms with Gasteiger partial charge in [0, 0.05) is 36.4 Å². The van der Waals surface area contributed by atoms with Gasteiger partial charge in [-0.15, -0.1) is 0 Å². The minimum atomic E-state index is -0.0404. The third kappa shape index (κ3) is 4.76. The van der Waals surface area contributed by atoms with Crippen LogP contribution in [0.2, 0.25) is 5.02 Å². The number of piperidine rings is 1. The molecule has 5 heteroatoms. The summed E-state index contributed by atoms with van der Waals surface area (Å²) in [5.41, 5.74) is 4.75. The third-order valence-electron chi connectivity index (χ3n) is 6.23. The molecule has 1 amide bonds. The minimum absolute atomic E-state index is 0.0404. The van der Waals surface area contributed by atoms with E-state index in [1.165, 1.54) is 42.5 Å². The van der Waals surface area contributed by atoms with Gasteiger partial charge in [0.05, 0.1) is 6.04 Å². The van der Waals surface area contributed by atoms with Crippen LogP contribution in [0, 0.1) is 0 Å². The fourth-order valence-corrected chi connectivity index (χ4v) is 4.72. The van der Waals surface area contributed by atoms with Crippen molar-refractivity contribution in [1.29, 1.82) is 0 Å². The zero-order valence-corrected chi connectivity index (χ0v) is 17.9. The van der Waals surface area contributed by atoms with Crippen LogP contribution in [-0.4, -0.2) is 44.0 Å². The normalized spacial score (nSPS) is 18.2. The number of anilines is 1. The molecule has 0 aromatic heterocycles. The van der Waals surface area contributed by atoms with E-state index >= 15 is 0 Å². The summed E-state index contributed by atoms with van der Waals surface area (Å²) in [7, 11) is 2.17. The molecule has 154 valence electrons. The average Bonchev–Trinajstić information content (AvgIpc) is 2.75. The molecule has 4 rings (SSSR count). The van der Waals surface area contributed by atoms with Gasteiger partial charge >= 0.3 is 0 Å². The van der Waals surface area contributed by atoms with Gasteiger partial charge in [-0.3, -0.25) is 9.69 Å². The van der Waals surface area contributed by atoms with Gasteiger partial charge in [0.1, 0.15) is 0 Å². The second-order valence-electron chi connectivity index (χ2n) is 8.24. The highest BCUT2D eigenvalue weighted by atomic mass is 35.5. The van der Waals surface area contributed by atoms with E-state index in [-0.39, 0.29) is 11.9 Å². The van der Waals surface area contributed by atoms with E-state index in [4.69, 9.17) is 11.6 Å². The highest BCUT2D eigenvalue weighted by Crippen LogP contribution is 2.31. The molecular formula is C24H30ClN3O. The predicted octanol–water partition coefficient (Wildman–Crippen LogP) is 4.68. The largest absolute Gasteiger partial charge is 0.374 e. The van der Waals surface area contributed by atoms with Crippen molar-refractivity contribution >= 4 is 23.2 Å². The van der Waals surface area contributed by atoms with Crippen LogP contribution in [0.3, 0.4) is 0 Å². The van der Waals surface area contributed by atoms with Gasteiger partial charge in [-0.25, -0.2) is 0 Å². The number of nitrogens with one attached hydrogen (secondary N) is 1. The Morgan fingerprint density at radius 2 is 1.79 bits per heavy atom. The Kier molecular flexibility index (Phi) is 6.41. The van der Waals surface area contributed by atoms with Crippen LogP contribution in [0.5, 0.6) is 0 Å². The molecule has 4 nitrogen and oxygen atoms in total. The number of fused-ring (bicyclic) bond motifs is 1. The number of aryl methyl sites for hydroxylation is 1. The van der Waals surface area contributed by atoms with E-state index in [9.17, 15) is 4.79 Å². The van der Waals surface area contributed by atoms with Crippen LogP contribution in [-0.2, 0) is 6.42 Å². The number of likely N-dealkylation sites (tertiary alicyclic amines) is 1. The lowest BCUT2D eigenvalue weighted by Crippen LogP contribution is -2.40. The molecule has 0 bridgehead atoms. The zero-order chi connectivity index (χ0) is 20.2. The smallest absolute Gasteiger partial charge is 0.251 e. The van der Waals surface area contributed by atoms with Crippen LogP contribution in [0.1, 0.15) is 53.2 Å². The fraction of sp³-hybridized carbons (Fsp3) is 0.458. The van der Waals surface area contributed by atoms with Gasteiger partial charge in [0.25, 0.3) is 5.91 Å². The van der Waals surface area contributed by atoms with Gasteiger partial charge in [0.15, 0.2) is 0 Å². The molecule has 29 heavy (non-hydrogen) atoms. The number of benzene rings is 2. The highest BCUT2D eigenvalue weighted by molar-refractivity contribution is 6.30. The second kappa shape index (κ2) is 9.19. The Morgan fingerprint density at radius 3 is 2.55 bits per heavy atom. The Hall–Kier alpha value is -2.04. The monoisotopic (exact) mass is 411 g/mol. The number of amides is 1. The molecule has 2 aliphatic heterocycles. The Morgan fingerprint density at radius 1 is 1.03 bits per heavy atom. The molecule has 0 spiro atoms. The molecule has 1 saturated heterocycles. The highest BCUT2D eigenvalue weighted by Gasteiger charge is 2.25. The van der Waals surface area contributed by atoms with E-state index in [0.717, 1.165) is 26.1 Å². The molecule has 1 fully saturated rings. The van der Waals surface area contributed by atoms with Crippen LogP contribution in [0.15, 0.2) is 42.5 Å². The molecule has 2 aromatic rings. The summed E-state index contributed by atoms with van der Waals surface area (Å²) >= 11 is 5.95. The summed E-state index contributed by atoms with van der Waals surface area (Å²) in [6.45, 7) is 3.94. The maximum Gasteiger partial charge on any atom is 0.251 e. The minimum Gasteiger partial charge on any atom is -0.374 e. The number of nitrogens with zero attached hydrogens (tertiary/aromatic N) is 2. The summed E-state index contributed by atoms with van der Waals surface area (Å²) in [6, 6.07) is 14.2. The average molecular weight is 412 g/mol. The predicted molar refractivity (Wildman–Crippen MR) is 120 cm³/mol. The molecule has 0 unspecified atom stereocenters. The lowest BCUT2D eigenvalue weighted by Gasteiger charge is -2.36. The van der Waals surface area contributed by atoms with E-state index in [2.05, 4.69) is 40.4 Å². The SMILES string of the molecule is CN1CCCc2cc([C@H](CNC(=O)c3ccc(Cl)cc3)N3CCCCC3)ccc21. The van der Waals surface area contributed by atoms with Gasteiger partial charge in [-0.1, -0.05) is 30.2 Å². The standard InChI is InChI=1S/C24H30ClN3O/c1-27-13-5-6-19-16-20(9-12-22(19)27)23(28-14-3-2-4-15-28)17-26-24(29)18-7-10-21(25)11-8-18/h7-12,16,23H,2-6,13-15,17H2,1H3,(H,26,29)/t23-/m0/s1. The van der Waals surface area contributed by atoms with Gasteiger partial charge in [-0.2, -0.15) is 0 Å². The van der Waals surface area contributed by atoms with Crippen molar-refractivity contribution in [3.63, 3.8) is 0 Å². The number of halogens is 1. The summed E-state index contributed by atoms with van der Waals surface area (Å²) in [6.07, 6.45) is 6.10. The second-order valence-corrected chi connectivity index (χ2v) is 8.68. The van der Waals surface area contributed by atoms with E-state index in [1.807, 2.05) is 0 Å². The van der Waals surface area contributed by atoms with Gasteiger partial charge in [0.2, 0.25) is 0 Å². The molecule has 0 radical (unpaired) electrons. The molecule has 0 aliphatic carbocycles. The summed E-state index contributed by atoms with van der Waals surface area (Å²) in [5, 5.41) is 3.81. The lowest BCUT2D eigenvalue weighted by atomic mass is 9.95. The van der Waals surface area contributed by atoms with Crippen molar-refractivity contribution in [3.05, 3.63) is 64.2 Å². The van der Waals surface area contributed by atoms with Crippen molar-refractivity contribution in [3.8, 4) is 0 Å². The quantitative estimate of drug-likeness (QED) is 0.775. The van der Waals surface area contributed by atoms with Crippen LogP contribution in [0.25, 0.3) is 0 Å². The summed E-state index contributed by atoms with van der Waals surface area (Å²) in [5.74, 6) is -0.0404. The third-order valence-corrected chi connectivity index (χ3v) is 6.48. The Bertz CT molecular complexity index is 846. The first-order valence-corrected chi connectivity index (χ1v) is 11.1. The molecule has 2 heterocycles. The summed E-state index contributed by atoms with van der Waals surface area (Å²) < 4.78 is 0. The van der Waals surface area contributed by atoms with Crippen LogP contribution < -0.4 is 10.2 Å². The molecule has 0 saturated carbocycles. The number of rotatable bonds is 5. The van der Waals surface area contributed by atoms with Gasteiger partial charge in [-0.05, 0) is 80.2 Å². The van der Waals surface area contributed by atoms with Crippen LogP contribution >= 0.6 is 11.6 Å². The number of hydrogen-bond acceptors (Lipinski definition) is 3. The number of carbonyl (C=O) groups excluding carboxylic acids is 1. The van der Waals surface area contributed by atoms with Gasteiger partial charge < -0.3 is 10.2 Å². The van der Waals surface area contributed by atoms with Crippen molar-refractivity contribution < 1.29 is 4.79 Å². The van der Waals surface area contributed by atoms with Crippen LogP contribution in [0.4, 0.5) is 5.69 Å². The molecule has 2 aromatic carbocycles. The first-order valence-electron chi connectivity index (χ1n) is 10.7. The van der Waals surface area contributed by atoms with Crippen molar-refractivity contribution in [2.45, 2.75) is 38.1 Å². The van der Waals surface area contributed by atoms with E-state index in [0.29, 0.717) is 17.1 Å². The maximum atomic E-state index is 12.7. The maximum absolute atomic E-state index is 12.7. The Balaban J connectivity index is 1.53.